The second kappa shape index (κ2) is 5.55. The summed E-state index contributed by atoms with van der Waals surface area (Å²) in [6, 6.07) is 6.23. The fourth-order valence-corrected chi connectivity index (χ4v) is 2.93. The fourth-order valence-electron chi connectivity index (χ4n) is 2.05. The van der Waals surface area contributed by atoms with Gasteiger partial charge in [0.05, 0.1) is 0 Å². The molecule has 1 aromatic heterocycles. The Hall–Kier alpha value is -1.32. The molecule has 2 nitrogen and oxygen atoms in total. The molecule has 0 aliphatic heterocycles. The number of phenolic OH excluding ortho intramolecular Hbond substituents is 1. The minimum absolute atomic E-state index is 0.410. The number of rotatable bonds is 4. The van der Waals surface area contributed by atoms with E-state index in [9.17, 15) is 5.11 Å². The fraction of sp³-hybridized carbons (Fsp3) is 0.333. The Balaban J connectivity index is 1.97. The summed E-state index contributed by atoms with van der Waals surface area (Å²) >= 11 is 1.79. The van der Waals surface area contributed by atoms with E-state index < -0.39 is 0 Å². The van der Waals surface area contributed by atoms with Gasteiger partial charge in [0, 0.05) is 18.0 Å². The Labute approximate surface area is 112 Å². The van der Waals surface area contributed by atoms with E-state index in [1.54, 1.807) is 11.3 Å². The van der Waals surface area contributed by atoms with E-state index in [1.807, 2.05) is 26.0 Å². The monoisotopic (exact) mass is 261 g/mol. The molecular formula is C15H19NOS. The van der Waals surface area contributed by atoms with E-state index in [0.717, 1.165) is 24.2 Å². The summed E-state index contributed by atoms with van der Waals surface area (Å²) in [6.07, 6.45) is 0. The Morgan fingerprint density at radius 3 is 2.28 bits per heavy atom. The van der Waals surface area contributed by atoms with E-state index in [1.165, 1.54) is 16.0 Å². The van der Waals surface area contributed by atoms with Gasteiger partial charge in [-0.15, -0.1) is 11.3 Å². The Morgan fingerprint density at radius 2 is 1.72 bits per heavy atom. The summed E-state index contributed by atoms with van der Waals surface area (Å²) in [5, 5.41) is 15.3. The van der Waals surface area contributed by atoms with Crippen LogP contribution in [0.3, 0.4) is 0 Å². The highest BCUT2D eigenvalue weighted by Gasteiger charge is 2.04. The van der Waals surface area contributed by atoms with Crippen LogP contribution in [0.25, 0.3) is 0 Å². The lowest BCUT2D eigenvalue weighted by Crippen LogP contribution is -2.12. The molecule has 1 aromatic carbocycles. The first-order chi connectivity index (χ1) is 8.58. The van der Waals surface area contributed by atoms with Gasteiger partial charge in [-0.2, -0.15) is 0 Å². The van der Waals surface area contributed by atoms with E-state index in [-0.39, 0.29) is 0 Å². The average Bonchev–Trinajstić information content (AvgIpc) is 2.72. The summed E-state index contributed by atoms with van der Waals surface area (Å²) in [5.41, 5.74) is 4.46. The normalized spacial score (nSPS) is 10.8. The molecule has 0 fully saturated rings. The first-order valence-electron chi connectivity index (χ1n) is 6.10. The average molecular weight is 261 g/mol. The van der Waals surface area contributed by atoms with Crippen molar-refractivity contribution in [3.8, 4) is 5.75 Å². The van der Waals surface area contributed by atoms with Crippen LogP contribution in [0.4, 0.5) is 0 Å². The zero-order valence-corrected chi connectivity index (χ0v) is 11.9. The lowest BCUT2D eigenvalue weighted by Gasteiger charge is -2.09. The Kier molecular flexibility index (Phi) is 4.04. The topological polar surface area (TPSA) is 32.3 Å². The zero-order chi connectivity index (χ0) is 13.1. The summed E-state index contributed by atoms with van der Waals surface area (Å²) < 4.78 is 0. The minimum Gasteiger partial charge on any atom is -0.507 e. The molecule has 1 heterocycles. The molecule has 0 aliphatic rings. The first-order valence-corrected chi connectivity index (χ1v) is 6.98. The maximum absolute atomic E-state index is 9.72. The third-order valence-electron chi connectivity index (χ3n) is 3.13. The van der Waals surface area contributed by atoms with E-state index in [2.05, 4.69) is 23.7 Å². The van der Waals surface area contributed by atoms with Crippen LogP contribution in [0.1, 0.15) is 27.1 Å². The van der Waals surface area contributed by atoms with Crippen LogP contribution >= 0.6 is 11.3 Å². The molecule has 0 saturated carbocycles. The molecule has 0 radical (unpaired) electrons. The molecule has 0 saturated heterocycles. The zero-order valence-electron chi connectivity index (χ0n) is 11.1. The molecule has 2 N–H and O–H groups in total. The number of aryl methyl sites for hydroxylation is 3. The standard InChI is InChI=1S/C15H19NOS/c1-10-4-5-18-14(10)9-16-8-13-6-11(2)15(17)12(3)7-13/h4-7,16-17H,8-9H2,1-3H3. The maximum Gasteiger partial charge on any atom is 0.121 e. The molecule has 0 aliphatic carbocycles. The first kappa shape index (κ1) is 13.1. The quantitative estimate of drug-likeness (QED) is 0.880. The molecule has 18 heavy (non-hydrogen) atoms. The number of phenols is 1. The molecule has 96 valence electrons. The predicted octanol–water partition coefficient (Wildman–Crippen LogP) is 3.67. The van der Waals surface area contributed by atoms with Crippen molar-refractivity contribution in [2.75, 3.05) is 0 Å². The smallest absolute Gasteiger partial charge is 0.121 e. The summed E-state index contributed by atoms with van der Waals surface area (Å²) in [7, 11) is 0. The molecule has 2 rings (SSSR count). The van der Waals surface area contributed by atoms with Crippen LogP contribution in [0.15, 0.2) is 23.6 Å². The van der Waals surface area contributed by atoms with Crippen molar-refractivity contribution in [1.82, 2.24) is 5.32 Å². The predicted molar refractivity (Wildman–Crippen MR) is 77.2 cm³/mol. The van der Waals surface area contributed by atoms with Crippen LogP contribution < -0.4 is 5.32 Å². The van der Waals surface area contributed by atoms with Crippen LogP contribution in [0, 0.1) is 20.8 Å². The van der Waals surface area contributed by atoms with Crippen LogP contribution in [-0.2, 0) is 13.1 Å². The highest BCUT2D eigenvalue weighted by molar-refractivity contribution is 7.10. The SMILES string of the molecule is Cc1ccsc1CNCc1cc(C)c(O)c(C)c1. The number of thiophene rings is 1. The summed E-state index contributed by atoms with van der Waals surface area (Å²) in [6.45, 7) is 7.76. The lowest BCUT2D eigenvalue weighted by atomic mass is 10.1. The van der Waals surface area contributed by atoms with E-state index in [0.29, 0.717) is 5.75 Å². The number of benzene rings is 1. The van der Waals surface area contributed by atoms with E-state index in [4.69, 9.17) is 0 Å². The number of hydrogen-bond donors (Lipinski definition) is 2. The van der Waals surface area contributed by atoms with Crippen molar-refractivity contribution in [3.05, 3.63) is 50.7 Å². The maximum atomic E-state index is 9.72. The second-order valence-corrected chi connectivity index (χ2v) is 5.71. The van der Waals surface area contributed by atoms with Gasteiger partial charge < -0.3 is 10.4 Å². The largest absolute Gasteiger partial charge is 0.507 e. The van der Waals surface area contributed by atoms with Crippen molar-refractivity contribution in [3.63, 3.8) is 0 Å². The number of nitrogens with one attached hydrogen (secondary N) is 1. The van der Waals surface area contributed by atoms with Crippen molar-refractivity contribution >= 4 is 11.3 Å². The Morgan fingerprint density at radius 1 is 1.06 bits per heavy atom. The third-order valence-corrected chi connectivity index (χ3v) is 4.16. The minimum atomic E-state index is 0.410. The van der Waals surface area contributed by atoms with Gasteiger partial charge >= 0.3 is 0 Å². The summed E-state index contributed by atoms with van der Waals surface area (Å²) in [5.74, 6) is 0.410. The number of hydrogen-bond acceptors (Lipinski definition) is 3. The molecular weight excluding hydrogens is 242 g/mol. The lowest BCUT2D eigenvalue weighted by molar-refractivity contribution is 0.466. The van der Waals surface area contributed by atoms with Gasteiger partial charge in [-0.1, -0.05) is 12.1 Å². The van der Waals surface area contributed by atoms with Gasteiger partial charge in [0.15, 0.2) is 0 Å². The molecule has 0 bridgehead atoms. The van der Waals surface area contributed by atoms with Gasteiger partial charge in [-0.3, -0.25) is 0 Å². The molecule has 2 aromatic rings. The van der Waals surface area contributed by atoms with Crippen molar-refractivity contribution in [1.29, 1.82) is 0 Å². The van der Waals surface area contributed by atoms with Crippen molar-refractivity contribution in [2.24, 2.45) is 0 Å². The molecule has 0 unspecified atom stereocenters. The van der Waals surface area contributed by atoms with Gasteiger partial charge in [0.2, 0.25) is 0 Å². The van der Waals surface area contributed by atoms with Gasteiger partial charge in [-0.25, -0.2) is 0 Å². The molecule has 0 amide bonds. The van der Waals surface area contributed by atoms with Gasteiger partial charge in [0.1, 0.15) is 5.75 Å². The molecule has 0 spiro atoms. The van der Waals surface area contributed by atoms with Gasteiger partial charge in [0.25, 0.3) is 0 Å². The Bertz CT molecular complexity index is 522. The van der Waals surface area contributed by atoms with Crippen molar-refractivity contribution < 1.29 is 5.11 Å². The van der Waals surface area contributed by atoms with E-state index >= 15 is 0 Å². The second-order valence-electron chi connectivity index (χ2n) is 4.71. The molecule has 3 heteroatoms. The highest BCUT2D eigenvalue weighted by Crippen LogP contribution is 2.23. The third kappa shape index (κ3) is 2.92. The van der Waals surface area contributed by atoms with Crippen LogP contribution in [-0.4, -0.2) is 5.11 Å². The number of aromatic hydroxyl groups is 1. The summed E-state index contributed by atoms with van der Waals surface area (Å²) in [4.78, 5) is 1.39. The van der Waals surface area contributed by atoms with Crippen LogP contribution in [0.5, 0.6) is 5.75 Å². The van der Waals surface area contributed by atoms with Crippen LogP contribution in [0.2, 0.25) is 0 Å². The molecule has 0 atom stereocenters. The van der Waals surface area contributed by atoms with Crippen molar-refractivity contribution in [2.45, 2.75) is 33.9 Å². The highest BCUT2D eigenvalue weighted by atomic mass is 32.1. The van der Waals surface area contributed by atoms with Gasteiger partial charge in [-0.05, 0) is 54.5 Å².